The van der Waals surface area contributed by atoms with E-state index in [1.807, 2.05) is 0 Å². The van der Waals surface area contributed by atoms with Crippen LogP contribution in [0, 0.1) is 5.92 Å². The lowest BCUT2D eigenvalue weighted by Crippen LogP contribution is -2.41. The predicted molar refractivity (Wildman–Crippen MR) is 42.7 cm³/mol. The molecule has 1 N–H and O–H groups in total. The van der Waals surface area contributed by atoms with Crippen LogP contribution in [0.2, 0.25) is 0 Å². The molecule has 0 aliphatic carbocycles. The second-order valence-corrected chi connectivity index (χ2v) is 3.75. The van der Waals surface area contributed by atoms with Gasteiger partial charge >= 0.3 is 12.3 Å². The molecule has 0 unspecified atom stereocenters. The number of halogens is 3. The molecule has 1 rings (SSSR count). The third-order valence-corrected chi connectivity index (χ3v) is 1.95. The highest BCUT2D eigenvalue weighted by atomic mass is 19.4. The van der Waals surface area contributed by atoms with Crippen LogP contribution in [0.5, 0.6) is 0 Å². The second kappa shape index (κ2) is 3.67. The van der Waals surface area contributed by atoms with Crippen LogP contribution < -0.4 is 5.32 Å². The predicted octanol–water partition coefficient (Wildman–Crippen LogP) is 2.07. The van der Waals surface area contributed by atoms with Crippen LogP contribution >= 0.6 is 0 Å². The van der Waals surface area contributed by atoms with Gasteiger partial charge in [-0.3, -0.25) is 0 Å². The Labute approximate surface area is 79.6 Å². The van der Waals surface area contributed by atoms with Crippen molar-refractivity contribution in [3.8, 4) is 0 Å². The van der Waals surface area contributed by atoms with Crippen molar-refractivity contribution < 1.29 is 22.7 Å². The largest absolute Gasteiger partial charge is 0.434 e. The molecule has 0 aromatic rings. The molecule has 3 nitrogen and oxygen atoms in total. The van der Waals surface area contributed by atoms with Gasteiger partial charge in [-0.1, -0.05) is 13.8 Å². The van der Waals surface area contributed by atoms with E-state index in [1.54, 1.807) is 13.8 Å². The smallest absolute Gasteiger partial charge is 0.427 e. The maximum atomic E-state index is 12.3. The number of alkyl halides is 3. The molecule has 6 heteroatoms. The molecular weight excluding hydrogens is 199 g/mol. The Balaban J connectivity index is 2.68. The number of ether oxygens (including phenoxy) is 1. The van der Waals surface area contributed by atoms with Crippen molar-refractivity contribution in [3.63, 3.8) is 0 Å². The van der Waals surface area contributed by atoms with Gasteiger partial charge in [0, 0.05) is 0 Å². The zero-order valence-electron chi connectivity index (χ0n) is 7.89. The average molecular weight is 211 g/mol. The van der Waals surface area contributed by atoms with Crippen molar-refractivity contribution in [2.75, 3.05) is 0 Å². The molecule has 0 radical (unpaired) electrons. The minimum Gasteiger partial charge on any atom is -0.434 e. The number of carbonyl (C=O) groups is 1. The molecule has 1 amide bonds. The number of hydrogen-bond donors (Lipinski definition) is 1. The first-order valence-corrected chi connectivity index (χ1v) is 4.34. The number of nitrogens with one attached hydrogen (secondary N) is 1. The lowest BCUT2D eigenvalue weighted by molar-refractivity contribution is -0.200. The summed E-state index contributed by atoms with van der Waals surface area (Å²) < 4.78 is 41.1. The highest BCUT2D eigenvalue weighted by Gasteiger charge is 2.52. The monoisotopic (exact) mass is 211 g/mol. The molecule has 1 aliphatic heterocycles. The quantitative estimate of drug-likeness (QED) is 0.759. The van der Waals surface area contributed by atoms with Crippen LogP contribution in [0.15, 0.2) is 0 Å². The Bertz CT molecular complexity index is 227. The van der Waals surface area contributed by atoms with Crippen LogP contribution in [0.1, 0.15) is 20.3 Å². The Morgan fingerprint density at radius 1 is 1.50 bits per heavy atom. The van der Waals surface area contributed by atoms with Crippen molar-refractivity contribution in [1.29, 1.82) is 0 Å². The maximum Gasteiger partial charge on any atom is 0.427 e. The van der Waals surface area contributed by atoms with E-state index in [2.05, 4.69) is 10.1 Å². The van der Waals surface area contributed by atoms with Crippen molar-refractivity contribution in [2.24, 2.45) is 5.92 Å². The molecule has 0 saturated carbocycles. The zero-order valence-corrected chi connectivity index (χ0v) is 7.89. The van der Waals surface area contributed by atoms with Crippen molar-refractivity contribution >= 4 is 6.09 Å². The zero-order chi connectivity index (χ0) is 10.9. The van der Waals surface area contributed by atoms with Gasteiger partial charge in [0.1, 0.15) is 0 Å². The lowest BCUT2D eigenvalue weighted by atomic mass is 10.00. The van der Waals surface area contributed by atoms with Crippen LogP contribution in [0.3, 0.4) is 0 Å². The summed E-state index contributed by atoms with van der Waals surface area (Å²) in [6.07, 6.45) is -7.22. The Hall–Kier alpha value is -0.940. The van der Waals surface area contributed by atoms with Crippen molar-refractivity contribution in [1.82, 2.24) is 5.32 Å². The summed E-state index contributed by atoms with van der Waals surface area (Å²) >= 11 is 0. The van der Waals surface area contributed by atoms with Gasteiger partial charge in [-0.05, 0) is 12.3 Å². The number of rotatable bonds is 2. The molecular formula is C8H12F3NO2. The van der Waals surface area contributed by atoms with Gasteiger partial charge in [-0.2, -0.15) is 13.2 Å². The SMILES string of the molecule is CC(C)C[C@@H]1NC(=O)O[C@H]1C(F)(F)F. The molecule has 14 heavy (non-hydrogen) atoms. The molecule has 1 aliphatic rings. The topological polar surface area (TPSA) is 38.3 Å². The second-order valence-electron chi connectivity index (χ2n) is 3.75. The van der Waals surface area contributed by atoms with Crippen LogP contribution in [-0.4, -0.2) is 24.4 Å². The van der Waals surface area contributed by atoms with Crippen molar-refractivity contribution in [2.45, 2.75) is 38.6 Å². The fourth-order valence-corrected chi connectivity index (χ4v) is 1.44. The normalized spacial score (nSPS) is 27.7. The number of cyclic esters (lactones) is 1. The molecule has 0 aromatic heterocycles. The van der Waals surface area contributed by atoms with E-state index in [0.717, 1.165) is 0 Å². The van der Waals surface area contributed by atoms with E-state index in [9.17, 15) is 18.0 Å². The van der Waals surface area contributed by atoms with Gasteiger partial charge in [0.15, 0.2) is 0 Å². The molecule has 1 fully saturated rings. The minimum absolute atomic E-state index is 0.0758. The summed E-state index contributed by atoms with van der Waals surface area (Å²) in [4.78, 5) is 10.7. The summed E-state index contributed by atoms with van der Waals surface area (Å²) in [5, 5.41) is 2.16. The third-order valence-electron chi connectivity index (χ3n) is 1.95. The summed E-state index contributed by atoms with van der Waals surface area (Å²) in [5.74, 6) is 0.0758. The van der Waals surface area contributed by atoms with Crippen LogP contribution in [0.4, 0.5) is 18.0 Å². The van der Waals surface area contributed by atoms with Gasteiger partial charge in [-0.25, -0.2) is 4.79 Å². The van der Waals surface area contributed by atoms with Crippen LogP contribution in [-0.2, 0) is 4.74 Å². The Kier molecular flexibility index (Phi) is 2.92. The molecule has 82 valence electrons. The molecule has 1 saturated heterocycles. The summed E-state index contributed by atoms with van der Waals surface area (Å²) in [6, 6.07) is -0.956. The van der Waals surface area contributed by atoms with Crippen LogP contribution in [0.25, 0.3) is 0 Å². The van der Waals surface area contributed by atoms with Crippen molar-refractivity contribution in [3.05, 3.63) is 0 Å². The first-order chi connectivity index (χ1) is 6.30. The fraction of sp³-hybridized carbons (Fsp3) is 0.875. The number of alkyl carbamates (subject to hydrolysis) is 1. The van der Waals surface area contributed by atoms with Gasteiger partial charge in [-0.15, -0.1) is 0 Å². The average Bonchev–Trinajstić information content (AvgIpc) is 2.28. The lowest BCUT2D eigenvalue weighted by Gasteiger charge is -2.20. The number of carbonyl (C=O) groups excluding carboxylic acids is 1. The van der Waals surface area contributed by atoms with E-state index < -0.39 is 24.4 Å². The molecule has 2 atom stereocenters. The van der Waals surface area contributed by atoms with E-state index in [0.29, 0.717) is 0 Å². The summed E-state index contributed by atoms with van der Waals surface area (Å²) in [7, 11) is 0. The fourth-order valence-electron chi connectivity index (χ4n) is 1.44. The first-order valence-electron chi connectivity index (χ1n) is 4.34. The first kappa shape index (κ1) is 11.1. The van der Waals surface area contributed by atoms with E-state index in [4.69, 9.17) is 0 Å². The van der Waals surface area contributed by atoms with Gasteiger partial charge in [0.2, 0.25) is 6.10 Å². The van der Waals surface area contributed by atoms with E-state index in [1.165, 1.54) is 0 Å². The van der Waals surface area contributed by atoms with Gasteiger partial charge in [0.25, 0.3) is 0 Å². The number of amides is 1. The Morgan fingerprint density at radius 2 is 2.07 bits per heavy atom. The third kappa shape index (κ3) is 2.52. The highest BCUT2D eigenvalue weighted by molar-refractivity contribution is 5.70. The van der Waals surface area contributed by atoms with Gasteiger partial charge in [0.05, 0.1) is 6.04 Å². The molecule has 0 aromatic carbocycles. The van der Waals surface area contributed by atoms with E-state index >= 15 is 0 Å². The highest BCUT2D eigenvalue weighted by Crippen LogP contribution is 2.30. The maximum absolute atomic E-state index is 12.3. The van der Waals surface area contributed by atoms with E-state index in [-0.39, 0.29) is 12.3 Å². The minimum atomic E-state index is -4.49. The molecule has 1 heterocycles. The van der Waals surface area contributed by atoms with Gasteiger partial charge < -0.3 is 10.1 Å². The number of hydrogen-bond acceptors (Lipinski definition) is 2. The molecule has 0 bridgehead atoms. The molecule has 0 spiro atoms. The Morgan fingerprint density at radius 3 is 2.50 bits per heavy atom. The summed E-state index contributed by atoms with van der Waals surface area (Å²) in [6.45, 7) is 3.58. The standard InChI is InChI=1S/C8H12F3NO2/c1-4(2)3-5-6(8(9,10)11)14-7(13)12-5/h4-6H,3H2,1-2H3,(H,12,13)/t5-,6+/m0/s1. The summed E-state index contributed by atoms with van der Waals surface area (Å²) in [5.41, 5.74) is 0.